The molecule has 0 radical (unpaired) electrons. The van der Waals surface area contributed by atoms with E-state index in [2.05, 4.69) is 13.0 Å². The lowest BCUT2D eigenvalue weighted by Crippen LogP contribution is -2.05. The molecule has 0 nitrogen and oxygen atoms in total. The topological polar surface area (TPSA) is 0 Å². The van der Waals surface area contributed by atoms with Crippen molar-refractivity contribution in [3.05, 3.63) is 65.2 Å². The summed E-state index contributed by atoms with van der Waals surface area (Å²) in [5.74, 6) is -0.616. The van der Waals surface area contributed by atoms with Crippen molar-refractivity contribution in [3.8, 4) is 11.1 Å². The van der Waals surface area contributed by atoms with Gasteiger partial charge in [0.1, 0.15) is 0 Å². The minimum absolute atomic E-state index is 0.342. The Morgan fingerprint density at radius 2 is 1.62 bits per heavy atom. The van der Waals surface area contributed by atoms with Gasteiger partial charge < -0.3 is 0 Å². The summed E-state index contributed by atoms with van der Waals surface area (Å²) in [5.41, 5.74) is 4.11. The molecule has 0 saturated heterocycles. The van der Waals surface area contributed by atoms with Crippen LogP contribution in [0.4, 0.5) is 8.78 Å². The minimum atomic E-state index is -0.733. The molecule has 1 atom stereocenters. The fourth-order valence-corrected chi connectivity index (χ4v) is 3.96. The average Bonchev–Trinajstić information content (AvgIpc) is 2.67. The van der Waals surface area contributed by atoms with Crippen LogP contribution >= 0.6 is 0 Å². The van der Waals surface area contributed by atoms with Gasteiger partial charge in [0.15, 0.2) is 11.6 Å². The van der Waals surface area contributed by atoms with Crippen molar-refractivity contribution in [2.45, 2.75) is 58.8 Å². The lowest BCUT2D eigenvalue weighted by atomic mass is 9.84. The molecule has 1 unspecified atom stereocenters. The SMILES string of the molecule is CCCc1ccc(-c2ccc(C3=CCC(CCC)CC3)cc2)c(F)c1F. The van der Waals surface area contributed by atoms with Crippen LogP contribution in [0.5, 0.6) is 0 Å². The lowest BCUT2D eigenvalue weighted by molar-refractivity contribution is 0.445. The number of hydrogen-bond acceptors (Lipinski definition) is 0. The van der Waals surface area contributed by atoms with Crippen molar-refractivity contribution in [2.24, 2.45) is 5.92 Å². The smallest absolute Gasteiger partial charge is 0.166 e. The third kappa shape index (κ3) is 4.06. The fourth-order valence-electron chi connectivity index (χ4n) is 3.96. The van der Waals surface area contributed by atoms with Crippen LogP contribution in [0.1, 0.15) is 63.5 Å². The van der Waals surface area contributed by atoms with Gasteiger partial charge >= 0.3 is 0 Å². The molecule has 1 aliphatic rings. The van der Waals surface area contributed by atoms with Crippen molar-refractivity contribution in [3.63, 3.8) is 0 Å². The molecule has 0 spiro atoms. The molecule has 0 bridgehead atoms. The maximum Gasteiger partial charge on any atom is 0.166 e. The maximum atomic E-state index is 14.5. The first-order chi connectivity index (χ1) is 12.6. The summed E-state index contributed by atoms with van der Waals surface area (Å²) in [5, 5.41) is 0. The molecular weight excluding hydrogens is 326 g/mol. The Kier molecular flexibility index (Phi) is 6.24. The molecule has 2 heteroatoms. The van der Waals surface area contributed by atoms with Gasteiger partial charge in [0.25, 0.3) is 0 Å². The van der Waals surface area contributed by atoms with Crippen molar-refractivity contribution >= 4 is 5.57 Å². The third-order valence-electron chi connectivity index (χ3n) is 5.46. The summed E-state index contributed by atoms with van der Waals surface area (Å²) < 4.78 is 28.7. The molecule has 2 aromatic rings. The van der Waals surface area contributed by atoms with Crippen LogP contribution in [0.25, 0.3) is 16.7 Å². The van der Waals surface area contributed by atoms with Crippen molar-refractivity contribution < 1.29 is 8.78 Å². The zero-order chi connectivity index (χ0) is 18.5. The van der Waals surface area contributed by atoms with Gasteiger partial charge in [-0.3, -0.25) is 0 Å². The monoisotopic (exact) mass is 354 g/mol. The van der Waals surface area contributed by atoms with Gasteiger partial charge in [0.2, 0.25) is 0 Å². The Bertz CT molecular complexity index is 772. The van der Waals surface area contributed by atoms with Gasteiger partial charge in [-0.15, -0.1) is 0 Å². The van der Waals surface area contributed by atoms with E-state index in [1.807, 2.05) is 31.2 Å². The number of allylic oxidation sites excluding steroid dienone is 2. The quantitative estimate of drug-likeness (QED) is 0.502. The number of rotatable bonds is 6. The van der Waals surface area contributed by atoms with Gasteiger partial charge in [-0.2, -0.15) is 0 Å². The van der Waals surface area contributed by atoms with E-state index in [9.17, 15) is 8.78 Å². The van der Waals surface area contributed by atoms with Gasteiger partial charge in [-0.05, 0) is 53.9 Å². The maximum absolute atomic E-state index is 14.5. The predicted octanol–water partition coefficient (Wildman–Crippen LogP) is 7.57. The van der Waals surface area contributed by atoms with E-state index in [0.717, 1.165) is 30.7 Å². The Morgan fingerprint density at radius 3 is 2.23 bits per heavy atom. The summed E-state index contributed by atoms with van der Waals surface area (Å²) in [4.78, 5) is 0. The third-order valence-corrected chi connectivity index (χ3v) is 5.46. The first-order valence-corrected chi connectivity index (χ1v) is 9.90. The molecule has 0 aliphatic heterocycles. The highest BCUT2D eigenvalue weighted by atomic mass is 19.2. The summed E-state index contributed by atoms with van der Waals surface area (Å²) in [7, 11) is 0. The average molecular weight is 354 g/mol. The van der Waals surface area contributed by atoms with Crippen LogP contribution in [0.3, 0.4) is 0 Å². The van der Waals surface area contributed by atoms with Crippen molar-refractivity contribution in [1.82, 2.24) is 0 Å². The van der Waals surface area contributed by atoms with E-state index in [4.69, 9.17) is 0 Å². The van der Waals surface area contributed by atoms with E-state index in [0.29, 0.717) is 17.5 Å². The van der Waals surface area contributed by atoms with Crippen LogP contribution in [0, 0.1) is 17.6 Å². The van der Waals surface area contributed by atoms with Crippen LogP contribution in [-0.4, -0.2) is 0 Å². The molecule has 0 aromatic heterocycles. The molecule has 0 amide bonds. The van der Waals surface area contributed by atoms with E-state index < -0.39 is 11.6 Å². The van der Waals surface area contributed by atoms with Gasteiger partial charge in [0.05, 0.1) is 0 Å². The molecule has 0 heterocycles. The summed E-state index contributed by atoms with van der Waals surface area (Å²) in [6.07, 6.45) is 9.80. The van der Waals surface area contributed by atoms with Crippen molar-refractivity contribution in [2.75, 3.05) is 0 Å². The largest absolute Gasteiger partial charge is 0.203 e. The van der Waals surface area contributed by atoms with Gasteiger partial charge in [0, 0.05) is 5.56 Å². The molecule has 26 heavy (non-hydrogen) atoms. The fraction of sp³-hybridized carbons (Fsp3) is 0.417. The molecule has 2 aromatic carbocycles. The Hall–Kier alpha value is -1.96. The van der Waals surface area contributed by atoms with E-state index in [1.54, 1.807) is 12.1 Å². The summed E-state index contributed by atoms with van der Waals surface area (Å²) in [6, 6.07) is 11.3. The minimum Gasteiger partial charge on any atom is -0.203 e. The van der Waals surface area contributed by atoms with E-state index >= 15 is 0 Å². The Morgan fingerprint density at radius 1 is 0.885 bits per heavy atom. The summed E-state index contributed by atoms with van der Waals surface area (Å²) >= 11 is 0. The number of halogens is 2. The molecule has 3 rings (SSSR count). The molecule has 138 valence electrons. The molecule has 0 N–H and O–H groups in total. The standard InChI is InChI=1S/C24H28F2/c1-3-5-17-7-9-18(10-8-17)19-11-13-20(14-12-19)22-16-15-21(6-4-2)23(25)24(22)26/h9,11-17H,3-8,10H2,1-2H3. The van der Waals surface area contributed by atoms with E-state index in [-0.39, 0.29) is 0 Å². The molecule has 0 fully saturated rings. The normalized spacial score (nSPS) is 17.2. The van der Waals surface area contributed by atoms with Crippen LogP contribution in [-0.2, 0) is 6.42 Å². The molecule has 1 aliphatic carbocycles. The van der Waals surface area contributed by atoms with Gasteiger partial charge in [-0.1, -0.05) is 75.6 Å². The Balaban J connectivity index is 1.79. The highest BCUT2D eigenvalue weighted by Gasteiger charge is 2.16. The number of benzene rings is 2. The molecular formula is C24H28F2. The van der Waals surface area contributed by atoms with Crippen molar-refractivity contribution in [1.29, 1.82) is 0 Å². The highest BCUT2D eigenvalue weighted by molar-refractivity contribution is 5.71. The first-order valence-electron chi connectivity index (χ1n) is 9.90. The molecule has 0 saturated carbocycles. The lowest BCUT2D eigenvalue weighted by Gasteiger charge is -2.21. The second-order valence-electron chi connectivity index (χ2n) is 7.39. The van der Waals surface area contributed by atoms with E-state index in [1.165, 1.54) is 30.4 Å². The van der Waals surface area contributed by atoms with Crippen LogP contribution in [0.15, 0.2) is 42.5 Å². The van der Waals surface area contributed by atoms with Crippen LogP contribution in [0.2, 0.25) is 0 Å². The second kappa shape index (κ2) is 8.62. The summed E-state index contributed by atoms with van der Waals surface area (Å²) in [6.45, 7) is 4.21. The number of hydrogen-bond donors (Lipinski definition) is 0. The van der Waals surface area contributed by atoms with Gasteiger partial charge in [-0.25, -0.2) is 8.78 Å². The zero-order valence-electron chi connectivity index (χ0n) is 15.8. The first kappa shape index (κ1) is 18.8. The Labute approximate surface area is 156 Å². The zero-order valence-corrected chi connectivity index (χ0v) is 15.8. The number of aryl methyl sites for hydroxylation is 1. The highest BCUT2D eigenvalue weighted by Crippen LogP contribution is 2.34. The predicted molar refractivity (Wildman–Crippen MR) is 106 cm³/mol. The second-order valence-corrected chi connectivity index (χ2v) is 7.39. The van der Waals surface area contributed by atoms with Crippen LogP contribution < -0.4 is 0 Å².